The Labute approximate surface area is 102 Å². The Bertz CT molecular complexity index is 307. The van der Waals surface area contributed by atoms with Gasteiger partial charge in [0.25, 0.3) is 0 Å². The van der Waals surface area contributed by atoms with E-state index in [4.69, 9.17) is 9.47 Å². The highest BCUT2D eigenvalue weighted by molar-refractivity contribution is 9.10. The summed E-state index contributed by atoms with van der Waals surface area (Å²) in [5.74, 6) is 0. The number of hydrogen-bond donors (Lipinski definition) is 1. The minimum atomic E-state index is -1.03. The monoisotopic (exact) mass is 294 g/mol. The number of rotatable bonds is 5. The second-order valence-corrected chi connectivity index (χ2v) is 5.38. The van der Waals surface area contributed by atoms with E-state index in [1.807, 2.05) is 11.4 Å². The molecule has 0 saturated heterocycles. The molecule has 5 heteroatoms. The summed E-state index contributed by atoms with van der Waals surface area (Å²) in [6.07, 6.45) is -0.121. The topological polar surface area (TPSA) is 38.7 Å². The fourth-order valence-corrected chi connectivity index (χ4v) is 3.12. The van der Waals surface area contributed by atoms with Crippen molar-refractivity contribution < 1.29 is 14.6 Å². The number of hydrogen-bond acceptors (Lipinski definition) is 4. The molecule has 1 aromatic rings. The van der Waals surface area contributed by atoms with Crippen LogP contribution in [0, 0.1) is 0 Å². The lowest BCUT2D eigenvalue weighted by Crippen LogP contribution is -2.43. The lowest BCUT2D eigenvalue weighted by Gasteiger charge is -2.30. The molecule has 1 aromatic heterocycles. The van der Waals surface area contributed by atoms with Crippen LogP contribution in [-0.2, 0) is 15.9 Å². The molecule has 0 aliphatic carbocycles. The SMILES string of the molecule is COC(OC)C(C)(O)Cc1sccc1Br. The Morgan fingerprint density at radius 1 is 1.53 bits per heavy atom. The molecule has 15 heavy (non-hydrogen) atoms. The third kappa shape index (κ3) is 3.26. The van der Waals surface area contributed by atoms with Gasteiger partial charge in [0.1, 0.15) is 5.60 Å². The van der Waals surface area contributed by atoms with Gasteiger partial charge in [0.15, 0.2) is 6.29 Å². The highest BCUT2D eigenvalue weighted by Gasteiger charge is 2.33. The molecule has 0 spiro atoms. The number of ether oxygens (including phenoxy) is 2. The molecule has 0 aliphatic rings. The number of aliphatic hydroxyl groups is 1. The molecule has 1 N–H and O–H groups in total. The molecule has 1 heterocycles. The molecule has 0 bridgehead atoms. The van der Waals surface area contributed by atoms with E-state index >= 15 is 0 Å². The summed E-state index contributed by atoms with van der Waals surface area (Å²) in [7, 11) is 3.04. The zero-order valence-corrected chi connectivity index (χ0v) is 11.4. The number of halogens is 1. The van der Waals surface area contributed by atoms with Gasteiger partial charge in [-0.25, -0.2) is 0 Å². The van der Waals surface area contributed by atoms with E-state index in [0.29, 0.717) is 6.42 Å². The maximum absolute atomic E-state index is 10.2. The van der Waals surface area contributed by atoms with Crippen LogP contribution in [-0.4, -0.2) is 31.2 Å². The van der Waals surface area contributed by atoms with Gasteiger partial charge in [-0.15, -0.1) is 11.3 Å². The second kappa shape index (κ2) is 5.41. The average molecular weight is 295 g/mol. The summed E-state index contributed by atoms with van der Waals surface area (Å²) in [6, 6.07) is 1.96. The first-order chi connectivity index (χ1) is 7.01. The normalized spacial score (nSPS) is 15.6. The van der Waals surface area contributed by atoms with Gasteiger partial charge in [0, 0.05) is 30.0 Å². The van der Waals surface area contributed by atoms with Gasteiger partial charge in [-0.3, -0.25) is 0 Å². The van der Waals surface area contributed by atoms with Crippen molar-refractivity contribution in [2.24, 2.45) is 0 Å². The summed E-state index contributed by atoms with van der Waals surface area (Å²) in [6.45, 7) is 1.71. The predicted molar refractivity (Wildman–Crippen MR) is 64.2 cm³/mol. The van der Waals surface area contributed by atoms with Crippen molar-refractivity contribution in [3.63, 3.8) is 0 Å². The zero-order chi connectivity index (χ0) is 11.5. The molecule has 3 nitrogen and oxygen atoms in total. The zero-order valence-electron chi connectivity index (χ0n) is 8.99. The summed E-state index contributed by atoms with van der Waals surface area (Å²) >= 11 is 5.03. The lowest BCUT2D eigenvalue weighted by molar-refractivity contribution is -0.207. The van der Waals surface area contributed by atoms with Crippen LogP contribution in [0.5, 0.6) is 0 Å². The molecule has 1 rings (SSSR count). The fraction of sp³-hybridized carbons (Fsp3) is 0.600. The van der Waals surface area contributed by atoms with Crippen LogP contribution in [0.1, 0.15) is 11.8 Å². The third-order valence-electron chi connectivity index (χ3n) is 2.15. The van der Waals surface area contributed by atoms with Crippen LogP contribution < -0.4 is 0 Å². The van der Waals surface area contributed by atoms with Gasteiger partial charge in [0.2, 0.25) is 0 Å². The Morgan fingerprint density at radius 3 is 2.53 bits per heavy atom. The predicted octanol–water partition coefficient (Wildman–Crippen LogP) is 2.42. The first-order valence-corrected chi connectivity index (χ1v) is 6.18. The molecule has 0 aromatic carbocycles. The number of methoxy groups -OCH3 is 2. The van der Waals surface area contributed by atoms with E-state index < -0.39 is 11.9 Å². The maximum atomic E-state index is 10.2. The highest BCUT2D eigenvalue weighted by atomic mass is 79.9. The van der Waals surface area contributed by atoms with Crippen molar-refractivity contribution in [2.75, 3.05) is 14.2 Å². The Balaban J connectivity index is 2.75. The first kappa shape index (κ1) is 13.1. The molecule has 86 valence electrons. The van der Waals surface area contributed by atoms with Gasteiger partial charge in [0.05, 0.1) is 0 Å². The standard InChI is InChI=1S/C10H15BrO3S/c1-10(12,9(13-2)14-3)6-8-7(11)4-5-15-8/h4-5,9,12H,6H2,1-3H3. The third-order valence-corrected chi connectivity index (χ3v) is 4.07. The van der Waals surface area contributed by atoms with Gasteiger partial charge < -0.3 is 14.6 Å². The van der Waals surface area contributed by atoms with E-state index in [9.17, 15) is 5.11 Å². The maximum Gasteiger partial charge on any atom is 0.185 e. The Hall–Kier alpha value is 0.0600. The fourth-order valence-electron chi connectivity index (χ4n) is 1.46. The lowest BCUT2D eigenvalue weighted by atomic mass is 10.0. The van der Waals surface area contributed by atoms with Crippen molar-refractivity contribution in [3.8, 4) is 0 Å². The van der Waals surface area contributed by atoms with Crippen LogP contribution >= 0.6 is 27.3 Å². The molecule has 0 radical (unpaired) electrons. The molecular weight excluding hydrogens is 280 g/mol. The van der Waals surface area contributed by atoms with Crippen LogP contribution in [0.2, 0.25) is 0 Å². The second-order valence-electron chi connectivity index (χ2n) is 3.53. The number of thiophene rings is 1. The molecular formula is C10H15BrO3S. The van der Waals surface area contributed by atoms with Crippen molar-refractivity contribution in [1.29, 1.82) is 0 Å². The van der Waals surface area contributed by atoms with E-state index in [2.05, 4.69) is 15.9 Å². The van der Waals surface area contributed by atoms with Gasteiger partial charge in [-0.05, 0) is 34.3 Å². The van der Waals surface area contributed by atoms with Crippen LogP contribution in [0.25, 0.3) is 0 Å². The summed E-state index contributed by atoms with van der Waals surface area (Å²) in [5.41, 5.74) is -1.03. The minimum absolute atomic E-state index is 0.498. The molecule has 0 aliphatic heterocycles. The largest absolute Gasteiger partial charge is 0.384 e. The van der Waals surface area contributed by atoms with Crippen LogP contribution in [0.4, 0.5) is 0 Å². The van der Waals surface area contributed by atoms with Crippen LogP contribution in [0.15, 0.2) is 15.9 Å². The summed E-state index contributed by atoms with van der Waals surface area (Å²) in [4.78, 5) is 1.08. The molecule has 0 fully saturated rings. The van der Waals surface area contributed by atoms with Gasteiger partial charge in [-0.1, -0.05) is 0 Å². The minimum Gasteiger partial charge on any atom is -0.384 e. The molecule has 1 unspecified atom stereocenters. The molecule has 0 saturated carbocycles. The quantitative estimate of drug-likeness (QED) is 0.848. The van der Waals surface area contributed by atoms with E-state index in [-0.39, 0.29) is 0 Å². The highest BCUT2D eigenvalue weighted by Crippen LogP contribution is 2.29. The van der Waals surface area contributed by atoms with Gasteiger partial charge >= 0.3 is 0 Å². The Morgan fingerprint density at radius 2 is 2.13 bits per heavy atom. The Kier molecular flexibility index (Phi) is 4.73. The summed E-state index contributed by atoms with van der Waals surface area (Å²) < 4.78 is 11.2. The van der Waals surface area contributed by atoms with Crippen molar-refractivity contribution >= 4 is 27.3 Å². The first-order valence-electron chi connectivity index (χ1n) is 4.51. The smallest absolute Gasteiger partial charge is 0.185 e. The van der Waals surface area contributed by atoms with Crippen molar-refractivity contribution in [2.45, 2.75) is 25.2 Å². The molecule has 0 amide bonds. The van der Waals surface area contributed by atoms with Crippen molar-refractivity contribution in [3.05, 3.63) is 20.8 Å². The van der Waals surface area contributed by atoms with E-state index in [0.717, 1.165) is 9.35 Å². The molecule has 1 atom stereocenters. The van der Waals surface area contributed by atoms with E-state index in [1.54, 1.807) is 18.3 Å². The van der Waals surface area contributed by atoms with E-state index in [1.165, 1.54) is 14.2 Å². The van der Waals surface area contributed by atoms with Crippen molar-refractivity contribution in [1.82, 2.24) is 0 Å². The average Bonchev–Trinajstić information content (AvgIpc) is 2.52. The van der Waals surface area contributed by atoms with Crippen LogP contribution in [0.3, 0.4) is 0 Å². The summed E-state index contributed by atoms with van der Waals surface area (Å²) in [5, 5.41) is 12.2. The van der Waals surface area contributed by atoms with Gasteiger partial charge in [-0.2, -0.15) is 0 Å².